The van der Waals surface area contributed by atoms with Crippen molar-refractivity contribution < 1.29 is 0 Å². The summed E-state index contributed by atoms with van der Waals surface area (Å²) in [6.45, 7) is 6.47. The van der Waals surface area contributed by atoms with Crippen molar-refractivity contribution in [3.8, 4) is 0 Å². The van der Waals surface area contributed by atoms with Gasteiger partial charge >= 0.3 is 0 Å². The van der Waals surface area contributed by atoms with E-state index in [9.17, 15) is 0 Å². The molecule has 1 heteroatoms. The molecule has 3 aromatic rings. The summed E-state index contributed by atoms with van der Waals surface area (Å²) in [6.07, 6.45) is 2.15. The summed E-state index contributed by atoms with van der Waals surface area (Å²) in [7, 11) is 0. The van der Waals surface area contributed by atoms with Crippen molar-refractivity contribution >= 4 is 11.4 Å². The van der Waals surface area contributed by atoms with E-state index < -0.39 is 0 Å². The van der Waals surface area contributed by atoms with Crippen LogP contribution in [0.2, 0.25) is 0 Å². The molecular formula is C25H27N. The molecule has 0 amide bonds. The first-order valence-corrected chi connectivity index (χ1v) is 9.42. The van der Waals surface area contributed by atoms with Gasteiger partial charge in [-0.2, -0.15) is 0 Å². The van der Waals surface area contributed by atoms with Gasteiger partial charge in [0.2, 0.25) is 0 Å². The number of nitrogens with zero attached hydrogens (tertiary/aromatic N) is 1. The zero-order valence-electron chi connectivity index (χ0n) is 15.9. The lowest BCUT2D eigenvalue weighted by Gasteiger charge is -2.18. The van der Waals surface area contributed by atoms with Gasteiger partial charge in [0.1, 0.15) is 0 Å². The Bertz CT molecular complexity index is 860. The van der Waals surface area contributed by atoms with Crippen molar-refractivity contribution in [2.45, 2.75) is 39.5 Å². The number of aryl methyl sites for hydroxylation is 1. The van der Waals surface area contributed by atoms with Crippen molar-refractivity contribution in [2.75, 3.05) is 0 Å². The van der Waals surface area contributed by atoms with Crippen LogP contribution in [0.25, 0.3) is 0 Å². The molecule has 3 rings (SSSR count). The number of para-hydroxylation sites is 1. The third kappa shape index (κ3) is 4.49. The molecule has 1 atom stereocenters. The largest absolute Gasteiger partial charge is 0.253 e. The second-order valence-electron chi connectivity index (χ2n) is 6.92. The van der Waals surface area contributed by atoms with E-state index in [0.29, 0.717) is 5.92 Å². The van der Waals surface area contributed by atoms with Gasteiger partial charge in [0.15, 0.2) is 0 Å². The first-order chi connectivity index (χ1) is 12.7. The Labute approximate surface area is 157 Å². The Hall–Kier alpha value is -2.67. The fourth-order valence-corrected chi connectivity index (χ4v) is 3.35. The predicted octanol–water partition coefficient (Wildman–Crippen LogP) is 6.87. The number of aliphatic imine (C=N–C) groups is 1. The van der Waals surface area contributed by atoms with Gasteiger partial charge in [0.25, 0.3) is 0 Å². The molecule has 0 aromatic heterocycles. The zero-order valence-corrected chi connectivity index (χ0v) is 15.9. The molecule has 0 aliphatic heterocycles. The fraction of sp³-hybridized carbons (Fsp3) is 0.240. The Morgan fingerprint density at radius 3 is 2.19 bits per heavy atom. The van der Waals surface area contributed by atoms with Crippen LogP contribution in [0.3, 0.4) is 0 Å². The molecule has 0 saturated heterocycles. The average Bonchev–Trinajstić information content (AvgIpc) is 2.68. The number of rotatable bonds is 6. The van der Waals surface area contributed by atoms with Crippen LogP contribution >= 0.6 is 0 Å². The highest BCUT2D eigenvalue weighted by atomic mass is 14.7. The molecule has 1 nitrogen and oxygen atoms in total. The molecule has 0 spiro atoms. The minimum atomic E-state index is 0.475. The van der Waals surface area contributed by atoms with Crippen molar-refractivity contribution in [1.82, 2.24) is 0 Å². The second-order valence-corrected chi connectivity index (χ2v) is 6.92. The molecule has 0 N–H and O–H groups in total. The molecule has 0 saturated carbocycles. The van der Waals surface area contributed by atoms with Crippen molar-refractivity contribution in [1.29, 1.82) is 0 Å². The van der Waals surface area contributed by atoms with Gasteiger partial charge in [-0.3, -0.25) is 4.99 Å². The molecule has 3 aromatic carbocycles. The first kappa shape index (κ1) is 18.1. The van der Waals surface area contributed by atoms with Gasteiger partial charge in [-0.15, -0.1) is 0 Å². The quantitative estimate of drug-likeness (QED) is 0.434. The van der Waals surface area contributed by atoms with Crippen LogP contribution in [0.4, 0.5) is 5.69 Å². The molecule has 0 radical (unpaired) electrons. The van der Waals surface area contributed by atoms with E-state index in [1.54, 1.807) is 0 Å². The molecule has 1 unspecified atom stereocenters. The van der Waals surface area contributed by atoms with Crippen molar-refractivity contribution in [3.05, 3.63) is 101 Å². The van der Waals surface area contributed by atoms with Crippen LogP contribution in [-0.2, 0) is 6.42 Å². The molecule has 0 heterocycles. The van der Waals surface area contributed by atoms with Crippen LogP contribution in [0.15, 0.2) is 83.9 Å². The summed E-state index contributed by atoms with van der Waals surface area (Å²) in [5.74, 6) is 0.475. The van der Waals surface area contributed by atoms with E-state index in [2.05, 4.69) is 99.6 Å². The smallest absolute Gasteiger partial charge is 0.0667 e. The van der Waals surface area contributed by atoms with Gasteiger partial charge in [-0.1, -0.05) is 85.3 Å². The maximum atomic E-state index is 4.99. The summed E-state index contributed by atoms with van der Waals surface area (Å²) in [5, 5.41) is 0. The third-order valence-electron chi connectivity index (χ3n) is 4.95. The summed E-state index contributed by atoms with van der Waals surface area (Å²) >= 11 is 0. The van der Waals surface area contributed by atoms with E-state index in [0.717, 1.165) is 24.2 Å². The average molecular weight is 341 g/mol. The Kier molecular flexibility index (Phi) is 6.01. The molecule has 0 aliphatic carbocycles. The SMILES string of the molecule is CCC(Cc1ccccc1)c1ccccc1N=C(C)c1ccc(C)cc1. The number of hydrogen-bond acceptors (Lipinski definition) is 1. The van der Waals surface area contributed by atoms with Crippen molar-refractivity contribution in [2.24, 2.45) is 4.99 Å². The molecule has 0 fully saturated rings. The topological polar surface area (TPSA) is 12.4 Å². The molecule has 26 heavy (non-hydrogen) atoms. The third-order valence-corrected chi connectivity index (χ3v) is 4.95. The Balaban J connectivity index is 1.91. The molecule has 0 aliphatic rings. The van der Waals surface area contributed by atoms with Gasteiger partial charge in [-0.25, -0.2) is 0 Å². The minimum absolute atomic E-state index is 0.475. The summed E-state index contributed by atoms with van der Waals surface area (Å²) in [6, 6.07) is 27.9. The van der Waals surface area contributed by atoms with E-state index in [1.807, 2.05) is 0 Å². The van der Waals surface area contributed by atoms with E-state index in [-0.39, 0.29) is 0 Å². The minimum Gasteiger partial charge on any atom is -0.253 e. The van der Waals surface area contributed by atoms with Gasteiger partial charge in [-0.05, 0) is 55.4 Å². The Morgan fingerprint density at radius 2 is 1.50 bits per heavy atom. The maximum absolute atomic E-state index is 4.99. The van der Waals surface area contributed by atoms with Crippen LogP contribution < -0.4 is 0 Å². The van der Waals surface area contributed by atoms with E-state index >= 15 is 0 Å². The maximum Gasteiger partial charge on any atom is 0.0667 e. The van der Waals surface area contributed by atoms with E-state index in [1.165, 1.54) is 22.3 Å². The van der Waals surface area contributed by atoms with Gasteiger partial charge < -0.3 is 0 Å². The number of hydrogen-bond donors (Lipinski definition) is 0. The van der Waals surface area contributed by atoms with Gasteiger partial charge in [0, 0.05) is 5.71 Å². The van der Waals surface area contributed by atoms with Crippen molar-refractivity contribution in [3.63, 3.8) is 0 Å². The molecule has 132 valence electrons. The lowest BCUT2D eigenvalue weighted by molar-refractivity contribution is 0.661. The highest BCUT2D eigenvalue weighted by molar-refractivity contribution is 6.00. The Morgan fingerprint density at radius 1 is 0.846 bits per heavy atom. The second kappa shape index (κ2) is 8.62. The summed E-state index contributed by atoms with van der Waals surface area (Å²) < 4.78 is 0. The van der Waals surface area contributed by atoms with Crippen LogP contribution in [0.5, 0.6) is 0 Å². The lowest BCUT2D eigenvalue weighted by Crippen LogP contribution is -2.03. The lowest BCUT2D eigenvalue weighted by atomic mass is 9.89. The summed E-state index contributed by atoms with van der Waals surface area (Å²) in [4.78, 5) is 4.99. The van der Waals surface area contributed by atoms with Gasteiger partial charge in [0.05, 0.1) is 5.69 Å². The highest BCUT2D eigenvalue weighted by Crippen LogP contribution is 2.32. The normalized spacial score (nSPS) is 12.8. The molecular weight excluding hydrogens is 314 g/mol. The van der Waals surface area contributed by atoms with Crippen LogP contribution in [0.1, 0.15) is 48.4 Å². The van der Waals surface area contributed by atoms with Crippen LogP contribution in [0, 0.1) is 6.92 Å². The standard InChI is InChI=1S/C25H27N/c1-4-22(18-21-10-6-5-7-11-21)24-12-8-9-13-25(24)26-20(3)23-16-14-19(2)15-17-23/h5-17,22H,4,18H2,1-3H3. The predicted molar refractivity (Wildman–Crippen MR) is 113 cm³/mol. The highest BCUT2D eigenvalue weighted by Gasteiger charge is 2.14. The first-order valence-electron chi connectivity index (χ1n) is 9.42. The van der Waals surface area contributed by atoms with Crippen LogP contribution in [-0.4, -0.2) is 5.71 Å². The summed E-state index contributed by atoms with van der Waals surface area (Å²) in [5.41, 5.74) is 7.33. The monoisotopic (exact) mass is 341 g/mol. The zero-order chi connectivity index (χ0) is 18.4. The number of benzene rings is 3. The molecule has 0 bridgehead atoms. The van der Waals surface area contributed by atoms with E-state index in [4.69, 9.17) is 4.99 Å². The fourth-order valence-electron chi connectivity index (χ4n) is 3.35.